The summed E-state index contributed by atoms with van der Waals surface area (Å²) in [6.45, 7) is 2.55. The number of rotatable bonds is 4. The topological polar surface area (TPSA) is 42.3 Å². The molecule has 1 aromatic carbocycles. The molecule has 0 spiro atoms. The molecule has 0 atom stereocenters. The van der Waals surface area contributed by atoms with Gasteiger partial charge in [-0.2, -0.15) is 0 Å². The van der Waals surface area contributed by atoms with E-state index in [1.165, 1.54) is 4.90 Å². The summed E-state index contributed by atoms with van der Waals surface area (Å²) in [7, 11) is 1.98. The van der Waals surface area contributed by atoms with Crippen LogP contribution >= 0.6 is 11.8 Å². The molecule has 114 valence electrons. The van der Waals surface area contributed by atoms with E-state index in [0.29, 0.717) is 11.4 Å². The third-order valence-corrected chi connectivity index (χ3v) is 4.73. The number of hydrogen-bond donors (Lipinski definition) is 0. The zero-order chi connectivity index (χ0) is 15.7. The molecular formula is C17H18N2O2S. The van der Waals surface area contributed by atoms with Crippen LogP contribution in [0.3, 0.4) is 0 Å². The Kier molecular flexibility index (Phi) is 4.07. The molecule has 0 saturated carbocycles. The van der Waals surface area contributed by atoms with Crippen LogP contribution in [0.2, 0.25) is 0 Å². The minimum atomic E-state index is -0.170. The SMILES string of the molecule is CCCCN1C(=O)S/C(=C/c2cn(C)c3ccccc23)C1=O. The second-order valence-corrected chi connectivity index (χ2v) is 6.39. The van der Waals surface area contributed by atoms with Crippen molar-refractivity contribution in [2.24, 2.45) is 7.05 Å². The van der Waals surface area contributed by atoms with Crippen molar-refractivity contribution in [2.75, 3.05) is 6.54 Å². The Bertz CT molecular complexity index is 776. The van der Waals surface area contributed by atoms with Crippen LogP contribution < -0.4 is 0 Å². The lowest BCUT2D eigenvalue weighted by Gasteiger charge is -2.10. The van der Waals surface area contributed by atoms with Gasteiger partial charge in [0.15, 0.2) is 0 Å². The van der Waals surface area contributed by atoms with Crippen LogP contribution in [0, 0.1) is 0 Å². The number of amides is 2. The van der Waals surface area contributed by atoms with Gasteiger partial charge in [0.05, 0.1) is 4.91 Å². The van der Waals surface area contributed by atoms with Crippen molar-refractivity contribution in [1.82, 2.24) is 9.47 Å². The number of thioether (sulfide) groups is 1. The number of hydrogen-bond acceptors (Lipinski definition) is 3. The first-order valence-corrected chi connectivity index (χ1v) is 8.23. The molecule has 1 aliphatic rings. The van der Waals surface area contributed by atoms with E-state index in [-0.39, 0.29) is 11.1 Å². The zero-order valence-electron chi connectivity index (χ0n) is 12.7. The molecule has 1 fully saturated rings. The number of unbranched alkanes of at least 4 members (excludes halogenated alkanes) is 1. The average Bonchev–Trinajstić information content (AvgIpc) is 2.96. The Balaban J connectivity index is 1.95. The van der Waals surface area contributed by atoms with Gasteiger partial charge >= 0.3 is 0 Å². The van der Waals surface area contributed by atoms with Crippen LogP contribution in [0.25, 0.3) is 17.0 Å². The largest absolute Gasteiger partial charge is 0.350 e. The maximum atomic E-state index is 12.4. The van der Waals surface area contributed by atoms with Crippen molar-refractivity contribution in [3.63, 3.8) is 0 Å². The molecule has 22 heavy (non-hydrogen) atoms. The molecule has 1 aliphatic heterocycles. The van der Waals surface area contributed by atoms with Gasteiger partial charge in [-0.3, -0.25) is 14.5 Å². The Morgan fingerprint density at radius 1 is 1.23 bits per heavy atom. The van der Waals surface area contributed by atoms with E-state index < -0.39 is 0 Å². The van der Waals surface area contributed by atoms with Gasteiger partial charge in [0, 0.05) is 36.3 Å². The lowest BCUT2D eigenvalue weighted by atomic mass is 10.1. The van der Waals surface area contributed by atoms with Crippen molar-refractivity contribution in [3.8, 4) is 0 Å². The van der Waals surface area contributed by atoms with E-state index in [1.54, 1.807) is 0 Å². The lowest BCUT2D eigenvalue weighted by Crippen LogP contribution is -2.29. The number of aromatic nitrogens is 1. The van der Waals surface area contributed by atoms with Gasteiger partial charge < -0.3 is 4.57 Å². The Morgan fingerprint density at radius 3 is 2.77 bits per heavy atom. The molecule has 0 unspecified atom stereocenters. The number of carbonyl (C=O) groups excluding carboxylic acids is 2. The van der Waals surface area contributed by atoms with Gasteiger partial charge in [-0.1, -0.05) is 31.5 Å². The molecule has 5 heteroatoms. The summed E-state index contributed by atoms with van der Waals surface area (Å²) in [6.07, 6.45) is 5.63. The second kappa shape index (κ2) is 6.01. The molecule has 2 aromatic rings. The van der Waals surface area contributed by atoms with Crippen molar-refractivity contribution in [1.29, 1.82) is 0 Å². The maximum Gasteiger partial charge on any atom is 0.293 e. The molecule has 0 bridgehead atoms. The van der Waals surface area contributed by atoms with Gasteiger partial charge in [0.25, 0.3) is 11.1 Å². The van der Waals surface area contributed by atoms with Gasteiger partial charge in [0.1, 0.15) is 0 Å². The first kappa shape index (κ1) is 14.9. The van der Waals surface area contributed by atoms with Crippen LogP contribution in [0.4, 0.5) is 4.79 Å². The standard InChI is InChI=1S/C17H18N2O2S/c1-3-4-9-19-16(20)15(22-17(19)21)10-12-11-18(2)14-8-6-5-7-13(12)14/h5-8,10-11H,3-4,9H2,1-2H3/b15-10+. The van der Waals surface area contributed by atoms with Crippen molar-refractivity contribution in [3.05, 3.63) is 40.9 Å². The van der Waals surface area contributed by atoms with E-state index in [1.807, 2.05) is 55.1 Å². The Morgan fingerprint density at radius 2 is 2.00 bits per heavy atom. The highest BCUT2D eigenvalue weighted by Crippen LogP contribution is 2.34. The highest BCUT2D eigenvalue weighted by molar-refractivity contribution is 8.18. The van der Waals surface area contributed by atoms with Gasteiger partial charge in [-0.25, -0.2) is 0 Å². The minimum absolute atomic E-state index is 0.162. The first-order valence-electron chi connectivity index (χ1n) is 7.41. The average molecular weight is 314 g/mol. The van der Waals surface area contributed by atoms with E-state index in [0.717, 1.165) is 41.1 Å². The van der Waals surface area contributed by atoms with Crippen LogP contribution in [0.1, 0.15) is 25.3 Å². The quantitative estimate of drug-likeness (QED) is 0.801. The van der Waals surface area contributed by atoms with Crippen molar-refractivity contribution < 1.29 is 9.59 Å². The first-order chi connectivity index (χ1) is 10.6. The molecule has 2 amide bonds. The zero-order valence-corrected chi connectivity index (χ0v) is 13.5. The van der Waals surface area contributed by atoms with E-state index >= 15 is 0 Å². The third kappa shape index (κ3) is 2.57. The van der Waals surface area contributed by atoms with Crippen LogP contribution in [-0.2, 0) is 11.8 Å². The highest BCUT2D eigenvalue weighted by Gasteiger charge is 2.34. The van der Waals surface area contributed by atoms with Crippen molar-refractivity contribution >= 4 is 39.9 Å². The molecule has 1 aromatic heterocycles. The fourth-order valence-electron chi connectivity index (χ4n) is 2.64. The summed E-state index contributed by atoms with van der Waals surface area (Å²) in [4.78, 5) is 26.2. The molecule has 1 saturated heterocycles. The number of benzene rings is 1. The van der Waals surface area contributed by atoms with Gasteiger partial charge in [-0.15, -0.1) is 0 Å². The van der Waals surface area contributed by atoms with E-state index in [9.17, 15) is 9.59 Å². The number of para-hydroxylation sites is 1. The number of nitrogens with zero attached hydrogens (tertiary/aromatic N) is 2. The summed E-state index contributed by atoms with van der Waals surface area (Å²) in [6, 6.07) is 8.04. The monoisotopic (exact) mass is 314 g/mol. The summed E-state index contributed by atoms with van der Waals surface area (Å²) < 4.78 is 2.03. The molecular weight excluding hydrogens is 296 g/mol. The fourth-order valence-corrected chi connectivity index (χ4v) is 3.49. The normalized spacial score (nSPS) is 17.2. The van der Waals surface area contributed by atoms with E-state index in [4.69, 9.17) is 0 Å². The van der Waals surface area contributed by atoms with Gasteiger partial charge in [0.2, 0.25) is 0 Å². The molecule has 0 radical (unpaired) electrons. The Hall–Kier alpha value is -2.01. The highest BCUT2D eigenvalue weighted by atomic mass is 32.2. The predicted molar refractivity (Wildman–Crippen MR) is 90.5 cm³/mol. The molecule has 3 rings (SSSR count). The fraction of sp³-hybridized carbons (Fsp3) is 0.294. The third-order valence-electron chi connectivity index (χ3n) is 3.82. The number of fused-ring (bicyclic) bond motifs is 1. The lowest BCUT2D eigenvalue weighted by molar-refractivity contribution is -0.122. The van der Waals surface area contributed by atoms with Crippen molar-refractivity contribution in [2.45, 2.75) is 19.8 Å². The summed E-state index contributed by atoms with van der Waals surface area (Å²) >= 11 is 1.03. The summed E-state index contributed by atoms with van der Waals surface area (Å²) in [5.74, 6) is -0.170. The molecule has 0 N–H and O–H groups in total. The van der Waals surface area contributed by atoms with Crippen LogP contribution in [-0.4, -0.2) is 27.2 Å². The smallest absolute Gasteiger partial charge is 0.293 e. The van der Waals surface area contributed by atoms with E-state index in [2.05, 4.69) is 0 Å². The maximum absolute atomic E-state index is 12.4. The minimum Gasteiger partial charge on any atom is -0.350 e. The molecule has 2 heterocycles. The second-order valence-electron chi connectivity index (χ2n) is 5.40. The number of carbonyl (C=O) groups is 2. The number of aryl methyl sites for hydroxylation is 1. The molecule has 4 nitrogen and oxygen atoms in total. The van der Waals surface area contributed by atoms with Gasteiger partial charge in [-0.05, 0) is 30.3 Å². The van der Waals surface area contributed by atoms with Crippen LogP contribution in [0.5, 0.6) is 0 Å². The Labute approximate surface area is 133 Å². The summed E-state index contributed by atoms with van der Waals surface area (Å²) in [5, 5.41) is 0.926. The summed E-state index contributed by atoms with van der Waals surface area (Å²) in [5.41, 5.74) is 2.08. The predicted octanol–water partition coefficient (Wildman–Crippen LogP) is 4.01. The van der Waals surface area contributed by atoms with Crippen LogP contribution in [0.15, 0.2) is 35.4 Å². The molecule has 0 aliphatic carbocycles. The number of imide groups is 1.